The Morgan fingerprint density at radius 3 is 1.58 bits per heavy atom. The van der Waals surface area contributed by atoms with Gasteiger partial charge in [-0.2, -0.15) is 0 Å². The van der Waals surface area contributed by atoms with Gasteiger partial charge in [-0.1, -0.05) is 23.2 Å². The third kappa shape index (κ3) is 1.09. The summed E-state index contributed by atoms with van der Waals surface area (Å²) in [7, 11) is 0. The second-order valence-corrected chi connectivity index (χ2v) is 2.70. The van der Waals surface area contributed by atoms with Gasteiger partial charge in [0.15, 0.2) is 11.5 Å². The molecule has 0 amide bonds. The molecule has 0 heterocycles. The molecule has 2 N–H and O–H groups in total. The molecule has 0 radical (unpaired) electrons. The molecule has 0 saturated heterocycles. The lowest BCUT2D eigenvalue weighted by Crippen LogP contribution is -2.19. The van der Waals surface area contributed by atoms with Crippen LogP contribution in [0.2, 0.25) is 0 Å². The van der Waals surface area contributed by atoms with Crippen molar-refractivity contribution in [3.8, 4) is 0 Å². The van der Waals surface area contributed by atoms with Crippen molar-refractivity contribution in [2.24, 2.45) is 0 Å². The van der Waals surface area contributed by atoms with Gasteiger partial charge in [-0.15, -0.1) is 0 Å². The molecule has 64 valence electrons. The summed E-state index contributed by atoms with van der Waals surface area (Å²) in [5.41, 5.74) is 0. The van der Waals surface area contributed by atoms with Crippen LogP contribution in [0, 0.1) is 0 Å². The maximum absolute atomic E-state index is 11.2. The Morgan fingerprint density at radius 1 is 1.00 bits per heavy atom. The Balaban J connectivity index is 3.28. The van der Waals surface area contributed by atoms with Crippen molar-refractivity contribution in [3.05, 3.63) is 21.6 Å². The Kier molecular flexibility index (Phi) is 1.52. The van der Waals surface area contributed by atoms with Crippen LogP contribution in [0.5, 0.6) is 0 Å². The highest BCUT2D eigenvalue weighted by Crippen LogP contribution is 2.26. The molecule has 0 aliphatic heterocycles. The zero-order valence-electron chi connectivity index (χ0n) is 7.39. The number of aliphatic hydroxyl groups is 2. The van der Waals surface area contributed by atoms with Crippen molar-refractivity contribution in [2.45, 2.75) is 0 Å². The van der Waals surface area contributed by atoms with Gasteiger partial charge in [0.05, 0.1) is 0 Å². The van der Waals surface area contributed by atoms with Crippen LogP contribution in [0.4, 0.5) is 0 Å². The fourth-order valence-corrected chi connectivity index (χ4v) is 0.948. The van der Waals surface area contributed by atoms with Crippen molar-refractivity contribution < 1.29 is 19.8 Å². The summed E-state index contributed by atoms with van der Waals surface area (Å²) in [5, 5.41) is 6.43. The minimum Gasteiger partial charge on any atom is -0.503 e. The van der Waals surface area contributed by atoms with Gasteiger partial charge in [-0.25, -0.2) is 0 Å². The van der Waals surface area contributed by atoms with E-state index in [1.807, 2.05) is 0 Å². The molecule has 1 aliphatic carbocycles. The molecule has 1 aliphatic rings. The van der Waals surface area contributed by atoms with E-state index in [-0.39, 0.29) is 0 Å². The summed E-state index contributed by atoms with van der Waals surface area (Å²) in [4.78, 5) is 22.4. The molecule has 0 bridgehead atoms. The summed E-state index contributed by atoms with van der Waals surface area (Å²) < 4.78 is 13.0. The van der Waals surface area contributed by atoms with E-state index in [0.717, 1.165) is 0 Å². The van der Waals surface area contributed by atoms with Gasteiger partial charge >= 0.3 is 0 Å². The minimum atomic E-state index is -0.964. The number of carbonyl (C=O) groups excluding carboxylic acids is 2. The molecule has 1 rings (SSSR count). The Morgan fingerprint density at radius 2 is 1.33 bits per heavy atom. The van der Waals surface area contributed by atoms with Crippen molar-refractivity contribution in [1.29, 1.82) is 2.86 Å². The first kappa shape index (κ1) is 6.51. The van der Waals surface area contributed by atoms with Crippen LogP contribution >= 0.6 is 23.2 Å². The van der Waals surface area contributed by atoms with Gasteiger partial charge in [-0.05, 0) is 0 Å². The number of aliphatic hydroxyl groups excluding tert-OH is 2. The zero-order valence-corrected chi connectivity index (χ0v) is 6.90. The number of hydrogen-bond donors (Lipinski definition) is 2. The quantitative estimate of drug-likeness (QED) is 0.672. The van der Waals surface area contributed by atoms with Gasteiger partial charge in [0.1, 0.15) is 10.1 Å². The largest absolute Gasteiger partial charge is 0.503 e. The summed E-state index contributed by atoms with van der Waals surface area (Å²) in [6, 6.07) is 0. The molecule has 0 aromatic heterocycles. The normalized spacial score (nSPS) is 20.8. The number of halogens is 2. The van der Waals surface area contributed by atoms with Crippen LogP contribution in [0.1, 0.15) is 0 Å². The third-order valence-corrected chi connectivity index (χ3v) is 1.90. The van der Waals surface area contributed by atoms with Gasteiger partial charge < -0.3 is 10.2 Å². The molecule has 6 heteroatoms. The minimum absolute atomic E-state index is 0.628. The molecule has 0 fully saturated rings. The van der Waals surface area contributed by atoms with E-state index in [9.17, 15) is 9.59 Å². The smallest absolute Gasteiger partial charge is 0.293 e. The van der Waals surface area contributed by atoms with Crippen LogP contribution in [0.15, 0.2) is 21.6 Å². The molecular weight excluding hydrogens is 207 g/mol. The second kappa shape index (κ2) is 2.80. The summed E-state index contributed by atoms with van der Waals surface area (Å²) >= 11 is 10.8. The number of hydrogen-bond acceptors (Lipinski definition) is 4. The zero-order chi connectivity index (χ0) is 10.9. The standard InChI is InChI=1S/C6H2Cl2O4/c7-1-3(9)5(11)2(8)6(12)4(1)10/h9,12H/i/hD2. The van der Waals surface area contributed by atoms with E-state index in [0.29, 0.717) is 0 Å². The summed E-state index contributed by atoms with van der Waals surface area (Å²) in [5.74, 6) is -3.29. The average molecular weight is 211 g/mol. The van der Waals surface area contributed by atoms with Crippen LogP contribution in [-0.4, -0.2) is 21.8 Å². The first-order valence-electron chi connectivity index (χ1n) is 3.51. The molecular formula is C6H2Cl2O4. The second-order valence-electron chi connectivity index (χ2n) is 1.94. The molecule has 0 saturated carbocycles. The highest BCUT2D eigenvalue weighted by Gasteiger charge is 2.32. The molecule has 4 nitrogen and oxygen atoms in total. The predicted octanol–water partition coefficient (Wildman–Crippen LogP) is 1.15. The Labute approximate surface area is 79.7 Å². The highest BCUT2D eigenvalue weighted by molar-refractivity contribution is 6.55. The van der Waals surface area contributed by atoms with E-state index < -0.39 is 33.1 Å². The van der Waals surface area contributed by atoms with Gasteiger partial charge in [-0.3, -0.25) is 9.59 Å². The Bertz CT molecular complexity index is 338. The monoisotopic (exact) mass is 210 g/mol. The lowest BCUT2D eigenvalue weighted by atomic mass is 10.1. The average Bonchev–Trinajstić information content (AvgIpc) is 2.17. The molecule has 0 spiro atoms. The number of rotatable bonds is 2. The molecule has 12 heavy (non-hydrogen) atoms. The summed E-state index contributed by atoms with van der Waals surface area (Å²) in [6.07, 6.45) is 0. The number of ketones is 2. The maximum atomic E-state index is 11.2. The van der Waals surface area contributed by atoms with E-state index in [1.54, 1.807) is 0 Å². The SMILES string of the molecule is [2H]OC1=C(Cl)C(=O)C(O[2H])=C(Cl)C1=O. The van der Waals surface area contributed by atoms with E-state index in [4.69, 9.17) is 26.1 Å². The van der Waals surface area contributed by atoms with Crippen molar-refractivity contribution in [2.75, 3.05) is 0 Å². The first-order chi connectivity index (χ1) is 6.54. The lowest BCUT2D eigenvalue weighted by Gasteiger charge is -2.08. The number of allylic oxidation sites excluding steroid dienone is 2. The number of Topliss-reactive ketones (excluding diaryl/α,β-unsaturated/α-hetero) is 2. The highest BCUT2D eigenvalue weighted by atomic mass is 35.5. The molecule has 0 aromatic carbocycles. The van der Waals surface area contributed by atoms with Crippen LogP contribution in [-0.2, 0) is 9.59 Å². The first-order valence-corrected chi connectivity index (χ1v) is 3.45. The van der Waals surface area contributed by atoms with Gasteiger partial charge in [0, 0.05) is 0 Å². The fourth-order valence-electron chi connectivity index (χ4n) is 0.605. The van der Waals surface area contributed by atoms with E-state index >= 15 is 0 Å². The molecule has 0 aromatic rings. The van der Waals surface area contributed by atoms with Crippen molar-refractivity contribution in [3.63, 3.8) is 0 Å². The van der Waals surface area contributed by atoms with Gasteiger partial charge in [0.25, 0.3) is 2.86 Å². The lowest BCUT2D eigenvalue weighted by molar-refractivity contribution is -0.119. The molecule has 0 unspecified atom stereocenters. The van der Waals surface area contributed by atoms with Crippen LogP contribution < -0.4 is 0 Å². The topological polar surface area (TPSA) is 74.6 Å². The predicted molar refractivity (Wildman–Crippen MR) is 41.0 cm³/mol. The van der Waals surface area contributed by atoms with E-state index in [2.05, 4.69) is 10.2 Å². The third-order valence-electron chi connectivity index (χ3n) is 1.21. The fraction of sp³-hybridized carbons (Fsp3) is 0. The van der Waals surface area contributed by atoms with E-state index in [1.165, 1.54) is 0 Å². The van der Waals surface area contributed by atoms with Crippen molar-refractivity contribution >= 4 is 34.8 Å². The Hall–Kier alpha value is -1.00. The molecule has 0 atom stereocenters. The van der Waals surface area contributed by atoms with Gasteiger partial charge in [0.2, 0.25) is 11.6 Å². The number of carbonyl (C=O) groups is 2. The summed E-state index contributed by atoms with van der Waals surface area (Å²) in [6.45, 7) is 0. The van der Waals surface area contributed by atoms with Crippen molar-refractivity contribution in [1.82, 2.24) is 0 Å². The van der Waals surface area contributed by atoms with Crippen LogP contribution in [0.3, 0.4) is 0 Å². The van der Waals surface area contributed by atoms with Crippen LogP contribution in [0.25, 0.3) is 2.86 Å². The maximum Gasteiger partial charge on any atom is 0.293 e.